The van der Waals surface area contributed by atoms with Crippen molar-refractivity contribution in [1.82, 2.24) is 10.2 Å². The average molecular weight is 329 g/mol. The van der Waals surface area contributed by atoms with Crippen molar-refractivity contribution in [3.8, 4) is 6.07 Å². The zero-order valence-electron chi connectivity index (χ0n) is 14.3. The number of piperidine rings is 1. The minimum absolute atomic E-state index is 0.0500. The van der Waals surface area contributed by atoms with Crippen molar-refractivity contribution in [2.24, 2.45) is 23.2 Å². The molecule has 4 saturated carbocycles. The fraction of sp³-hybridized carbons (Fsp3) is 0.842. The van der Waals surface area contributed by atoms with E-state index < -0.39 is 0 Å². The molecule has 1 aliphatic heterocycles. The minimum atomic E-state index is -0.191. The van der Waals surface area contributed by atoms with Crippen LogP contribution in [0.15, 0.2) is 0 Å². The maximum absolute atomic E-state index is 13.3. The van der Waals surface area contributed by atoms with E-state index in [2.05, 4.69) is 10.2 Å². The quantitative estimate of drug-likeness (QED) is 0.863. The second-order valence-electron chi connectivity index (χ2n) is 8.67. The van der Waals surface area contributed by atoms with Gasteiger partial charge in [0.15, 0.2) is 0 Å². The Morgan fingerprint density at radius 2 is 1.58 bits per heavy atom. The van der Waals surface area contributed by atoms with E-state index in [0.29, 0.717) is 5.91 Å². The highest BCUT2D eigenvalue weighted by molar-refractivity contribution is 5.83. The summed E-state index contributed by atoms with van der Waals surface area (Å²) in [6, 6.07) is 2.00. The summed E-state index contributed by atoms with van der Waals surface area (Å²) in [5, 5.41) is 11.5. The van der Waals surface area contributed by atoms with E-state index in [1.54, 1.807) is 0 Å². The lowest BCUT2D eigenvalue weighted by atomic mass is 9.49. The molecule has 4 aliphatic carbocycles. The molecule has 0 spiro atoms. The van der Waals surface area contributed by atoms with Gasteiger partial charge in [-0.15, -0.1) is 0 Å². The molecule has 0 unspecified atom stereocenters. The Labute approximate surface area is 143 Å². The van der Waals surface area contributed by atoms with Gasteiger partial charge in [-0.3, -0.25) is 9.59 Å². The number of likely N-dealkylation sites (tertiary alicyclic amines) is 1. The molecule has 5 fully saturated rings. The standard InChI is InChI=1S/C19H27N3O2/c20-4-1-17(23)21-16-2-5-22(6-3-16)18(24)19-10-13-7-14(11-19)9-15(8-13)12-19/h13-16H,1-3,5-12H2,(H,21,23). The van der Waals surface area contributed by atoms with Crippen molar-refractivity contribution in [3.63, 3.8) is 0 Å². The highest BCUT2D eigenvalue weighted by Crippen LogP contribution is 2.60. The molecule has 24 heavy (non-hydrogen) atoms. The van der Waals surface area contributed by atoms with Crippen LogP contribution in [0, 0.1) is 34.5 Å². The van der Waals surface area contributed by atoms with Gasteiger partial charge in [-0.05, 0) is 69.1 Å². The second kappa shape index (κ2) is 6.06. The van der Waals surface area contributed by atoms with E-state index in [1.165, 1.54) is 19.3 Å². The van der Waals surface area contributed by atoms with Gasteiger partial charge in [0, 0.05) is 19.1 Å². The van der Waals surface area contributed by atoms with Gasteiger partial charge in [0.2, 0.25) is 11.8 Å². The van der Waals surface area contributed by atoms with Crippen LogP contribution in [0.5, 0.6) is 0 Å². The van der Waals surface area contributed by atoms with E-state index in [1.807, 2.05) is 6.07 Å². The smallest absolute Gasteiger partial charge is 0.234 e. The van der Waals surface area contributed by atoms with Crippen molar-refractivity contribution in [2.45, 2.75) is 63.8 Å². The first-order valence-corrected chi connectivity index (χ1v) is 9.54. The molecule has 1 heterocycles. The van der Waals surface area contributed by atoms with Crippen LogP contribution in [0.4, 0.5) is 0 Å². The predicted octanol–water partition coefficient (Wildman–Crippen LogP) is 2.22. The lowest BCUT2D eigenvalue weighted by Gasteiger charge is -2.57. The third kappa shape index (κ3) is 2.81. The van der Waals surface area contributed by atoms with Crippen LogP contribution in [-0.2, 0) is 9.59 Å². The molecule has 4 bridgehead atoms. The van der Waals surface area contributed by atoms with Crippen molar-refractivity contribution in [3.05, 3.63) is 0 Å². The summed E-state index contributed by atoms with van der Waals surface area (Å²) in [5.41, 5.74) is -0.0500. The zero-order chi connectivity index (χ0) is 16.7. The molecule has 5 rings (SSSR count). The second-order valence-corrected chi connectivity index (χ2v) is 8.67. The van der Waals surface area contributed by atoms with Gasteiger partial charge < -0.3 is 10.2 Å². The number of hydrogen-bond donors (Lipinski definition) is 1. The average Bonchev–Trinajstić information content (AvgIpc) is 2.54. The molecule has 1 saturated heterocycles. The van der Waals surface area contributed by atoms with Gasteiger partial charge in [0.1, 0.15) is 6.42 Å². The van der Waals surface area contributed by atoms with Crippen molar-refractivity contribution < 1.29 is 9.59 Å². The van der Waals surface area contributed by atoms with E-state index in [9.17, 15) is 9.59 Å². The topological polar surface area (TPSA) is 73.2 Å². The number of rotatable bonds is 3. The first-order valence-electron chi connectivity index (χ1n) is 9.54. The molecule has 1 N–H and O–H groups in total. The SMILES string of the molecule is N#CCC(=O)NC1CCN(C(=O)C23CC4CC(CC(C4)C2)C3)CC1. The molecule has 0 aromatic heterocycles. The van der Waals surface area contributed by atoms with Crippen molar-refractivity contribution in [1.29, 1.82) is 5.26 Å². The van der Waals surface area contributed by atoms with Crippen LogP contribution in [0.2, 0.25) is 0 Å². The van der Waals surface area contributed by atoms with Gasteiger partial charge in [0.25, 0.3) is 0 Å². The summed E-state index contributed by atoms with van der Waals surface area (Å²) in [7, 11) is 0. The number of hydrogen-bond acceptors (Lipinski definition) is 3. The summed E-state index contributed by atoms with van der Waals surface area (Å²) >= 11 is 0. The van der Waals surface area contributed by atoms with Gasteiger partial charge in [-0.1, -0.05) is 0 Å². The molecule has 130 valence electrons. The predicted molar refractivity (Wildman–Crippen MR) is 88.6 cm³/mol. The molecule has 2 amide bonds. The third-order valence-electron chi connectivity index (χ3n) is 6.88. The van der Waals surface area contributed by atoms with Gasteiger partial charge >= 0.3 is 0 Å². The number of carbonyl (C=O) groups excluding carboxylic acids is 2. The van der Waals surface area contributed by atoms with Crippen LogP contribution in [0.3, 0.4) is 0 Å². The summed E-state index contributed by atoms with van der Waals surface area (Å²) < 4.78 is 0. The van der Waals surface area contributed by atoms with Gasteiger partial charge in [-0.2, -0.15) is 5.26 Å². The van der Waals surface area contributed by atoms with E-state index in [-0.39, 0.29) is 23.8 Å². The third-order valence-corrected chi connectivity index (χ3v) is 6.88. The lowest BCUT2D eigenvalue weighted by Crippen LogP contribution is -2.56. The fourth-order valence-electron chi connectivity index (χ4n) is 6.29. The van der Waals surface area contributed by atoms with Gasteiger partial charge in [-0.25, -0.2) is 0 Å². The molecule has 0 radical (unpaired) electrons. The van der Waals surface area contributed by atoms with Crippen LogP contribution in [0.1, 0.15) is 57.8 Å². The van der Waals surface area contributed by atoms with Crippen molar-refractivity contribution in [2.75, 3.05) is 13.1 Å². The first-order chi connectivity index (χ1) is 11.6. The fourth-order valence-corrected chi connectivity index (χ4v) is 6.29. The zero-order valence-corrected chi connectivity index (χ0v) is 14.3. The van der Waals surface area contributed by atoms with E-state index in [4.69, 9.17) is 5.26 Å². The summed E-state index contributed by atoms with van der Waals surface area (Å²) in [5.74, 6) is 2.60. The molecule has 5 heteroatoms. The highest BCUT2D eigenvalue weighted by Gasteiger charge is 2.55. The molecule has 5 nitrogen and oxygen atoms in total. The van der Waals surface area contributed by atoms with Crippen LogP contribution in [-0.4, -0.2) is 35.8 Å². The molecule has 0 aromatic carbocycles. The van der Waals surface area contributed by atoms with E-state index in [0.717, 1.165) is 62.9 Å². The Kier molecular flexibility index (Phi) is 4.02. The lowest BCUT2D eigenvalue weighted by molar-refractivity contribution is -0.158. The first kappa shape index (κ1) is 15.9. The normalized spacial score (nSPS) is 38.0. The minimum Gasteiger partial charge on any atom is -0.352 e. The Balaban J connectivity index is 1.35. The Bertz CT molecular complexity index is 536. The molecule has 0 aromatic rings. The molecule has 0 atom stereocenters. The summed E-state index contributed by atoms with van der Waals surface area (Å²) in [6.07, 6.45) is 9.00. The largest absolute Gasteiger partial charge is 0.352 e. The Hall–Kier alpha value is -1.57. The summed E-state index contributed by atoms with van der Waals surface area (Å²) in [6.45, 7) is 1.50. The number of nitrogens with zero attached hydrogens (tertiary/aromatic N) is 2. The summed E-state index contributed by atoms with van der Waals surface area (Å²) in [4.78, 5) is 26.9. The maximum atomic E-state index is 13.3. The maximum Gasteiger partial charge on any atom is 0.234 e. The molecular formula is C19H27N3O2. The van der Waals surface area contributed by atoms with Crippen LogP contribution in [0.25, 0.3) is 0 Å². The number of carbonyl (C=O) groups is 2. The number of nitriles is 1. The van der Waals surface area contributed by atoms with Crippen LogP contribution >= 0.6 is 0 Å². The van der Waals surface area contributed by atoms with Crippen molar-refractivity contribution >= 4 is 11.8 Å². The Morgan fingerprint density at radius 3 is 2.08 bits per heavy atom. The monoisotopic (exact) mass is 329 g/mol. The highest BCUT2D eigenvalue weighted by atomic mass is 16.2. The number of nitrogens with one attached hydrogen (secondary N) is 1. The number of amides is 2. The molecular weight excluding hydrogens is 302 g/mol. The van der Waals surface area contributed by atoms with E-state index >= 15 is 0 Å². The molecule has 5 aliphatic rings. The van der Waals surface area contributed by atoms with Crippen LogP contribution < -0.4 is 5.32 Å². The van der Waals surface area contributed by atoms with Gasteiger partial charge in [0.05, 0.1) is 11.5 Å². The Morgan fingerprint density at radius 1 is 1.04 bits per heavy atom.